The predicted molar refractivity (Wildman–Crippen MR) is 73.9 cm³/mol. The Morgan fingerprint density at radius 1 is 1.33 bits per heavy atom. The third-order valence-corrected chi connectivity index (χ3v) is 2.32. The van der Waals surface area contributed by atoms with Gasteiger partial charge in [0, 0.05) is 6.54 Å². The first-order valence-electron chi connectivity index (χ1n) is 5.90. The molecule has 4 nitrogen and oxygen atoms in total. The Kier molecular flexibility index (Phi) is 5.94. The molecule has 0 heterocycles. The second-order valence-electron chi connectivity index (χ2n) is 4.16. The van der Waals surface area contributed by atoms with Crippen molar-refractivity contribution < 1.29 is 9.53 Å². The number of rotatable bonds is 6. The molecule has 2 N–H and O–H groups in total. The molecule has 1 aromatic rings. The lowest BCUT2D eigenvalue weighted by Gasteiger charge is -2.09. The van der Waals surface area contributed by atoms with E-state index in [2.05, 4.69) is 10.6 Å². The highest BCUT2D eigenvalue weighted by Crippen LogP contribution is 2.22. The van der Waals surface area contributed by atoms with Gasteiger partial charge in [0.05, 0.1) is 19.3 Å². The summed E-state index contributed by atoms with van der Waals surface area (Å²) in [6.45, 7) is 5.02. The third kappa shape index (κ3) is 5.01. The van der Waals surface area contributed by atoms with Crippen LogP contribution in [-0.2, 0) is 4.79 Å². The molecule has 0 spiro atoms. The molecule has 0 atom stereocenters. The van der Waals surface area contributed by atoms with E-state index in [0.29, 0.717) is 18.0 Å². The van der Waals surface area contributed by atoms with Crippen LogP contribution < -0.4 is 15.4 Å². The van der Waals surface area contributed by atoms with E-state index in [4.69, 9.17) is 4.74 Å². The van der Waals surface area contributed by atoms with Crippen LogP contribution >= 0.6 is 0 Å². The number of hydrogen-bond acceptors (Lipinski definition) is 3. The van der Waals surface area contributed by atoms with Gasteiger partial charge in [-0.1, -0.05) is 23.8 Å². The lowest BCUT2D eigenvalue weighted by molar-refractivity contribution is -0.115. The first kappa shape index (κ1) is 14.3. The summed E-state index contributed by atoms with van der Waals surface area (Å²) >= 11 is 0. The number of hydrogen-bond donors (Lipinski definition) is 2. The zero-order valence-electron chi connectivity index (χ0n) is 11.1. The molecule has 18 heavy (non-hydrogen) atoms. The molecule has 0 aliphatic heterocycles. The lowest BCUT2D eigenvalue weighted by atomic mass is 10.3. The second-order valence-corrected chi connectivity index (χ2v) is 4.16. The molecule has 0 aromatic heterocycles. The van der Waals surface area contributed by atoms with Crippen LogP contribution in [0.4, 0.5) is 5.69 Å². The number of carbonyl (C=O) groups is 1. The largest absolute Gasteiger partial charge is 0.495 e. The summed E-state index contributed by atoms with van der Waals surface area (Å²) in [6.07, 6.45) is 2.04. The topological polar surface area (TPSA) is 50.4 Å². The highest BCUT2D eigenvalue weighted by molar-refractivity contribution is 5.93. The Bertz CT molecular complexity index is 424. The number of nitrogens with one attached hydrogen (secondary N) is 2. The molecule has 0 bridgehead atoms. The van der Waals surface area contributed by atoms with Gasteiger partial charge in [0.15, 0.2) is 0 Å². The number of allylic oxidation sites excluding steroid dienone is 1. The van der Waals surface area contributed by atoms with Gasteiger partial charge in [-0.2, -0.15) is 0 Å². The maximum atomic E-state index is 11.7. The quantitative estimate of drug-likeness (QED) is 0.599. The van der Waals surface area contributed by atoms with Gasteiger partial charge in [-0.25, -0.2) is 0 Å². The molecular formula is C14H20N2O2. The molecule has 0 aliphatic rings. The van der Waals surface area contributed by atoms with Crippen LogP contribution in [0.2, 0.25) is 0 Å². The standard InChI is InChI=1S/C14H20N2O2/c1-11(2)8-9-15-10-14(17)16-12-6-4-5-7-13(12)18-3/h4-8,15H,9-10H2,1-3H3,(H,16,17). The first-order chi connectivity index (χ1) is 8.63. The Balaban J connectivity index is 2.42. The summed E-state index contributed by atoms with van der Waals surface area (Å²) in [5.41, 5.74) is 1.92. The van der Waals surface area contributed by atoms with Gasteiger partial charge in [-0.05, 0) is 26.0 Å². The number of ether oxygens (including phenoxy) is 1. The number of carbonyl (C=O) groups excluding carboxylic acids is 1. The molecule has 0 fully saturated rings. The van der Waals surface area contributed by atoms with E-state index >= 15 is 0 Å². The van der Waals surface area contributed by atoms with Crippen LogP contribution in [-0.4, -0.2) is 26.1 Å². The van der Waals surface area contributed by atoms with Gasteiger partial charge in [0.25, 0.3) is 0 Å². The number of amides is 1. The molecule has 1 amide bonds. The van der Waals surface area contributed by atoms with Crippen molar-refractivity contribution >= 4 is 11.6 Å². The Labute approximate surface area is 108 Å². The second kappa shape index (κ2) is 7.50. The van der Waals surface area contributed by atoms with Crippen LogP contribution in [0.25, 0.3) is 0 Å². The number of benzene rings is 1. The van der Waals surface area contributed by atoms with E-state index in [-0.39, 0.29) is 12.5 Å². The van der Waals surface area contributed by atoms with Gasteiger partial charge < -0.3 is 15.4 Å². The van der Waals surface area contributed by atoms with E-state index < -0.39 is 0 Å². The summed E-state index contributed by atoms with van der Waals surface area (Å²) in [5.74, 6) is 0.580. The molecule has 0 aliphatic carbocycles. The monoisotopic (exact) mass is 248 g/mol. The Morgan fingerprint density at radius 3 is 2.72 bits per heavy atom. The zero-order valence-corrected chi connectivity index (χ0v) is 11.1. The number of methoxy groups -OCH3 is 1. The normalized spacial score (nSPS) is 9.72. The van der Waals surface area contributed by atoms with E-state index in [1.54, 1.807) is 7.11 Å². The van der Waals surface area contributed by atoms with E-state index in [0.717, 1.165) is 0 Å². The van der Waals surface area contributed by atoms with Gasteiger partial charge in [-0.15, -0.1) is 0 Å². The number of para-hydroxylation sites is 2. The molecule has 98 valence electrons. The van der Waals surface area contributed by atoms with Crippen LogP contribution in [0.15, 0.2) is 35.9 Å². The zero-order chi connectivity index (χ0) is 13.4. The molecule has 4 heteroatoms. The van der Waals surface area contributed by atoms with Gasteiger partial charge >= 0.3 is 0 Å². The van der Waals surface area contributed by atoms with Gasteiger partial charge in [0.2, 0.25) is 5.91 Å². The molecule has 0 saturated carbocycles. The highest BCUT2D eigenvalue weighted by Gasteiger charge is 2.05. The minimum atomic E-state index is -0.0818. The third-order valence-electron chi connectivity index (χ3n) is 2.32. The predicted octanol–water partition coefficient (Wildman–Crippen LogP) is 2.19. The van der Waals surface area contributed by atoms with E-state index in [1.165, 1.54) is 5.57 Å². The minimum absolute atomic E-state index is 0.0818. The van der Waals surface area contributed by atoms with Crippen LogP contribution in [0.5, 0.6) is 5.75 Å². The average molecular weight is 248 g/mol. The van der Waals surface area contributed by atoms with Crippen LogP contribution in [0.3, 0.4) is 0 Å². The molecule has 0 saturated heterocycles. The fraction of sp³-hybridized carbons (Fsp3) is 0.357. The van der Waals surface area contributed by atoms with Gasteiger partial charge in [0.1, 0.15) is 5.75 Å². The Hall–Kier alpha value is -1.81. The van der Waals surface area contributed by atoms with E-state index in [1.807, 2.05) is 44.2 Å². The van der Waals surface area contributed by atoms with E-state index in [9.17, 15) is 4.79 Å². The van der Waals surface area contributed by atoms with Crippen molar-refractivity contribution in [3.63, 3.8) is 0 Å². The molecule has 0 unspecified atom stereocenters. The van der Waals surface area contributed by atoms with Crippen molar-refractivity contribution in [2.24, 2.45) is 0 Å². The smallest absolute Gasteiger partial charge is 0.238 e. The molecular weight excluding hydrogens is 228 g/mol. The fourth-order valence-corrected chi connectivity index (χ4v) is 1.40. The SMILES string of the molecule is COc1ccccc1NC(=O)CNCC=C(C)C. The fourth-order valence-electron chi connectivity index (χ4n) is 1.40. The van der Waals surface area contributed by atoms with Crippen molar-refractivity contribution in [2.45, 2.75) is 13.8 Å². The highest BCUT2D eigenvalue weighted by atomic mass is 16.5. The molecule has 1 aromatic carbocycles. The average Bonchev–Trinajstić information content (AvgIpc) is 2.35. The lowest BCUT2D eigenvalue weighted by Crippen LogP contribution is -2.28. The van der Waals surface area contributed by atoms with Crippen molar-refractivity contribution in [1.29, 1.82) is 0 Å². The maximum absolute atomic E-state index is 11.7. The van der Waals surface area contributed by atoms with Crippen molar-refractivity contribution in [3.05, 3.63) is 35.9 Å². The summed E-state index contributed by atoms with van der Waals surface area (Å²) in [4.78, 5) is 11.7. The summed E-state index contributed by atoms with van der Waals surface area (Å²) in [7, 11) is 1.58. The van der Waals surface area contributed by atoms with Crippen LogP contribution in [0, 0.1) is 0 Å². The summed E-state index contributed by atoms with van der Waals surface area (Å²) in [6, 6.07) is 7.34. The van der Waals surface area contributed by atoms with Crippen LogP contribution in [0.1, 0.15) is 13.8 Å². The van der Waals surface area contributed by atoms with Crippen molar-refractivity contribution in [2.75, 3.05) is 25.5 Å². The molecule has 1 rings (SSSR count). The summed E-state index contributed by atoms with van der Waals surface area (Å²) < 4.78 is 5.16. The summed E-state index contributed by atoms with van der Waals surface area (Å²) in [5, 5.41) is 5.85. The minimum Gasteiger partial charge on any atom is -0.495 e. The maximum Gasteiger partial charge on any atom is 0.238 e. The number of anilines is 1. The van der Waals surface area contributed by atoms with Crippen molar-refractivity contribution in [3.8, 4) is 5.75 Å². The molecule has 0 radical (unpaired) electrons. The van der Waals surface area contributed by atoms with Crippen molar-refractivity contribution in [1.82, 2.24) is 5.32 Å². The van der Waals surface area contributed by atoms with Gasteiger partial charge in [-0.3, -0.25) is 4.79 Å². The Morgan fingerprint density at radius 2 is 2.06 bits per heavy atom. The first-order valence-corrected chi connectivity index (χ1v) is 5.90.